The summed E-state index contributed by atoms with van der Waals surface area (Å²) in [5.41, 5.74) is 4.86. The lowest BCUT2D eigenvalue weighted by Gasteiger charge is -2.08. The van der Waals surface area contributed by atoms with Crippen LogP contribution in [-0.2, 0) is 0 Å². The second kappa shape index (κ2) is 4.56. The van der Waals surface area contributed by atoms with Crippen LogP contribution in [0.1, 0.15) is 30.5 Å². The van der Waals surface area contributed by atoms with E-state index in [-0.39, 0.29) is 0 Å². The van der Waals surface area contributed by atoms with Crippen molar-refractivity contribution in [2.45, 2.75) is 40.8 Å². The Kier molecular flexibility index (Phi) is 3.61. The topological polar surface area (TPSA) is 12.4 Å². The van der Waals surface area contributed by atoms with E-state index in [9.17, 15) is 4.39 Å². The average Bonchev–Trinajstić information content (AvgIpc) is 2.10. The molecule has 0 fully saturated rings. The fraction of sp³-hybridized carbons (Fsp3) is 0.462. The molecular weight excluding hydrogens is 189 g/mol. The molecule has 0 saturated heterocycles. The predicted octanol–water partition coefficient (Wildman–Crippen LogP) is 4.06. The van der Waals surface area contributed by atoms with Gasteiger partial charge in [-0.25, -0.2) is 4.39 Å². The van der Waals surface area contributed by atoms with Gasteiger partial charge in [-0.2, -0.15) is 0 Å². The first kappa shape index (κ1) is 11.9. The fourth-order valence-corrected chi connectivity index (χ4v) is 1.61. The molecule has 15 heavy (non-hydrogen) atoms. The van der Waals surface area contributed by atoms with Crippen LogP contribution < -0.4 is 0 Å². The first-order valence-corrected chi connectivity index (χ1v) is 5.19. The summed E-state index contributed by atoms with van der Waals surface area (Å²) in [7, 11) is 0. The fourth-order valence-electron chi connectivity index (χ4n) is 1.61. The van der Waals surface area contributed by atoms with E-state index in [1.165, 1.54) is 12.5 Å². The molecule has 1 aromatic carbocycles. The van der Waals surface area contributed by atoms with Crippen LogP contribution in [0.5, 0.6) is 0 Å². The first-order chi connectivity index (χ1) is 6.91. The second-order valence-corrected chi connectivity index (χ2v) is 4.12. The Bertz CT molecular complexity index is 369. The zero-order valence-corrected chi connectivity index (χ0v) is 10.1. The van der Waals surface area contributed by atoms with Gasteiger partial charge in [0.15, 0.2) is 0 Å². The highest BCUT2D eigenvalue weighted by atomic mass is 19.1. The van der Waals surface area contributed by atoms with E-state index in [0.717, 1.165) is 16.8 Å². The molecule has 0 aliphatic heterocycles. The SMILES string of the molecule is CC(=Nc1c(C)cc(C)cc1C)C(C)F. The Morgan fingerprint density at radius 1 is 1.20 bits per heavy atom. The molecule has 1 unspecified atom stereocenters. The number of aliphatic imine (C=N–C) groups is 1. The normalized spacial score (nSPS) is 14.1. The lowest BCUT2D eigenvalue weighted by atomic mass is 10.1. The maximum Gasteiger partial charge on any atom is 0.135 e. The monoisotopic (exact) mass is 207 g/mol. The molecule has 1 aromatic rings. The number of nitrogens with zero attached hydrogens (tertiary/aromatic N) is 1. The third-order valence-corrected chi connectivity index (χ3v) is 2.50. The van der Waals surface area contributed by atoms with E-state index in [1.54, 1.807) is 6.92 Å². The molecule has 0 aliphatic carbocycles. The van der Waals surface area contributed by atoms with Crippen molar-refractivity contribution in [1.29, 1.82) is 0 Å². The third kappa shape index (κ3) is 2.88. The molecule has 0 aromatic heterocycles. The number of hydrogen-bond acceptors (Lipinski definition) is 1. The van der Waals surface area contributed by atoms with Gasteiger partial charge in [0.05, 0.1) is 5.69 Å². The van der Waals surface area contributed by atoms with Crippen molar-refractivity contribution >= 4 is 11.4 Å². The van der Waals surface area contributed by atoms with Crippen molar-refractivity contribution in [1.82, 2.24) is 0 Å². The van der Waals surface area contributed by atoms with Crippen molar-refractivity contribution in [3.8, 4) is 0 Å². The Morgan fingerprint density at radius 3 is 2.07 bits per heavy atom. The summed E-state index contributed by atoms with van der Waals surface area (Å²) in [6.07, 6.45) is -0.981. The maximum absolute atomic E-state index is 13.0. The average molecular weight is 207 g/mol. The van der Waals surface area contributed by atoms with Gasteiger partial charge < -0.3 is 0 Å². The molecule has 0 aliphatic rings. The second-order valence-electron chi connectivity index (χ2n) is 4.12. The van der Waals surface area contributed by atoms with Crippen molar-refractivity contribution in [3.05, 3.63) is 28.8 Å². The summed E-state index contributed by atoms with van der Waals surface area (Å²) >= 11 is 0. The Hall–Kier alpha value is -1.18. The summed E-state index contributed by atoms with van der Waals surface area (Å²) < 4.78 is 13.0. The molecule has 0 radical (unpaired) electrons. The minimum absolute atomic E-state index is 0.532. The molecule has 2 heteroatoms. The maximum atomic E-state index is 13.0. The predicted molar refractivity (Wildman–Crippen MR) is 64.0 cm³/mol. The van der Waals surface area contributed by atoms with Crippen LogP contribution in [-0.4, -0.2) is 11.9 Å². The van der Waals surface area contributed by atoms with Gasteiger partial charge in [-0.1, -0.05) is 17.7 Å². The van der Waals surface area contributed by atoms with Crippen LogP contribution in [0, 0.1) is 20.8 Å². The van der Waals surface area contributed by atoms with Crippen molar-refractivity contribution in [2.24, 2.45) is 4.99 Å². The highest BCUT2D eigenvalue weighted by Gasteiger charge is 2.06. The van der Waals surface area contributed by atoms with E-state index in [1.807, 2.05) is 13.8 Å². The minimum atomic E-state index is -0.981. The molecule has 0 spiro atoms. The smallest absolute Gasteiger partial charge is 0.135 e. The van der Waals surface area contributed by atoms with E-state index in [2.05, 4.69) is 24.0 Å². The highest BCUT2D eigenvalue weighted by molar-refractivity contribution is 5.88. The van der Waals surface area contributed by atoms with Crippen LogP contribution in [0.3, 0.4) is 0 Å². The molecule has 1 nitrogen and oxygen atoms in total. The van der Waals surface area contributed by atoms with Crippen molar-refractivity contribution < 1.29 is 4.39 Å². The van der Waals surface area contributed by atoms with E-state index in [0.29, 0.717) is 5.71 Å². The Balaban J connectivity index is 3.21. The summed E-state index contributed by atoms with van der Waals surface area (Å²) in [5, 5.41) is 0. The van der Waals surface area contributed by atoms with Crippen LogP contribution in [0.15, 0.2) is 17.1 Å². The number of aryl methyl sites for hydroxylation is 3. The number of benzene rings is 1. The van der Waals surface area contributed by atoms with Crippen molar-refractivity contribution in [2.75, 3.05) is 0 Å². The van der Waals surface area contributed by atoms with Crippen LogP contribution in [0.25, 0.3) is 0 Å². The Labute approximate surface area is 91.0 Å². The molecular formula is C13H18FN. The number of alkyl halides is 1. The quantitative estimate of drug-likeness (QED) is 0.648. The van der Waals surface area contributed by atoms with Gasteiger partial charge in [0, 0.05) is 5.71 Å². The van der Waals surface area contributed by atoms with Crippen LogP contribution in [0.4, 0.5) is 10.1 Å². The summed E-state index contributed by atoms with van der Waals surface area (Å²) in [4.78, 5) is 4.34. The Morgan fingerprint density at radius 2 is 1.67 bits per heavy atom. The molecule has 0 N–H and O–H groups in total. The molecule has 0 amide bonds. The van der Waals surface area contributed by atoms with Gasteiger partial charge in [-0.3, -0.25) is 4.99 Å². The van der Waals surface area contributed by atoms with Gasteiger partial charge in [0.25, 0.3) is 0 Å². The van der Waals surface area contributed by atoms with E-state index >= 15 is 0 Å². The zero-order chi connectivity index (χ0) is 11.6. The zero-order valence-electron chi connectivity index (χ0n) is 10.1. The minimum Gasteiger partial charge on any atom is -0.255 e. The summed E-state index contributed by atoms with van der Waals surface area (Å²) in [5.74, 6) is 0. The van der Waals surface area contributed by atoms with Crippen LogP contribution >= 0.6 is 0 Å². The van der Waals surface area contributed by atoms with Gasteiger partial charge >= 0.3 is 0 Å². The summed E-state index contributed by atoms with van der Waals surface area (Å²) in [6.45, 7) is 9.31. The van der Waals surface area contributed by atoms with Gasteiger partial charge in [0.2, 0.25) is 0 Å². The molecule has 0 heterocycles. The van der Waals surface area contributed by atoms with Gasteiger partial charge in [-0.05, 0) is 45.7 Å². The lowest BCUT2D eigenvalue weighted by molar-refractivity contribution is 0.453. The molecule has 0 bridgehead atoms. The molecule has 1 rings (SSSR count). The molecule has 1 atom stereocenters. The lowest BCUT2D eigenvalue weighted by Crippen LogP contribution is -2.06. The van der Waals surface area contributed by atoms with E-state index < -0.39 is 6.17 Å². The standard InChI is InChI=1S/C13H18FN/c1-8-6-9(2)13(10(3)7-8)15-12(5)11(4)14/h6-7,11H,1-5H3. The number of hydrogen-bond donors (Lipinski definition) is 0. The van der Waals surface area contributed by atoms with Gasteiger partial charge in [0.1, 0.15) is 6.17 Å². The third-order valence-electron chi connectivity index (χ3n) is 2.50. The molecule has 82 valence electrons. The van der Waals surface area contributed by atoms with Crippen LogP contribution in [0.2, 0.25) is 0 Å². The highest BCUT2D eigenvalue weighted by Crippen LogP contribution is 2.25. The first-order valence-electron chi connectivity index (χ1n) is 5.19. The van der Waals surface area contributed by atoms with Gasteiger partial charge in [-0.15, -0.1) is 0 Å². The van der Waals surface area contributed by atoms with Crippen molar-refractivity contribution in [3.63, 3.8) is 0 Å². The largest absolute Gasteiger partial charge is 0.255 e. The summed E-state index contributed by atoms with van der Waals surface area (Å²) in [6, 6.07) is 4.14. The number of halogens is 1. The molecule has 0 saturated carbocycles. The number of rotatable bonds is 2. The van der Waals surface area contributed by atoms with E-state index in [4.69, 9.17) is 0 Å².